The second kappa shape index (κ2) is 6.40. The van der Waals surface area contributed by atoms with Crippen molar-refractivity contribution >= 4 is 5.91 Å². The van der Waals surface area contributed by atoms with Crippen molar-refractivity contribution in [3.63, 3.8) is 0 Å². The van der Waals surface area contributed by atoms with Gasteiger partial charge in [0.05, 0.1) is 6.54 Å². The van der Waals surface area contributed by atoms with Gasteiger partial charge in [-0.05, 0) is 36.5 Å². The van der Waals surface area contributed by atoms with Crippen LogP contribution in [0.4, 0.5) is 0 Å². The third kappa shape index (κ3) is 4.42. The van der Waals surface area contributed by atoms with E-state index in [1.165, 1.54) is 12.8 Å². The van der Waals surface area contributed by atoms with Gasteiger partial charge in [-0.15, -0.1) is 0 Å². The van der Waals surface area contributed by atoms with Gasteiger partial charge in [0.15, 0.2) is 0 Å². The lowest BCUT2D eigenvalue weighted by Crippen LogP contribution is -2.26. The highest BCUT2D eigenvalue weighted by Crippen LogP contribution is 2.32. The van der Waals surface area contributed by atoms with Crippen LogP contribution in [0.1, 0.15) is 30.4 Å². The van der Waals surface area contributed by atoms with Crippen molar-refractivity contribution in [3.8, 4) is 11.8 Å². The van der Waals surface area contributed by atoms with Crippen molar-refractivity contribution < 1.29 is 4.79 Å². The number of nitrogens with two attached hydrogens (primary N) is 1. The fourth-order valence-electron chi connectivity index (χ4n) is 1.99. The number of carbonyl (C=O) groups is 1. The Morgan fingerprint density at radius 1 is 1.47 bits per heavy atom. The molecule has 1 aromatic rings. The van der Waals surface area contributed by atoms with Gasteiger partial charge in [0, 0.05) is 25.6 Å². The lowest BCUT2D eigenvalue weighted by atomic mass is 10.1. The molecular formula is C16H20N2O. The van der Waals surface area contributed by atoms with Crippen LogP contribution >= 0.6 is 0 Å². The van der Waals surface area contributed by atoms with E-state index in [-0.39, 0.29) is 5.91 Å². The van der Waals surface area contributed by atoms with E-state index in [9.17, 15) is 4.79 Å². The SMILES string of the molecule is CN(Cc1cccc(C#CCN)c1)C(=O)CC1CC1. The van der Waals surface area contributed by atoms with E-state index < -0.39 is 0 Å². The molecule has 0 heterocycles. The second-order valence-electron chi connectivity index (χ2n) is 5.10. The fraction of sp³-hybridized carbons (Fsp3) is 0.438. The van der Waals surface area contributed by atoms with Crippen molar-refractivity contribution in [3.05, 3.63) is 35.4 Å². The van der Waals surface area contributed by atoms with E-state index in [1.807, 2.05) is 31.3 Å². The van der Waals surface area contributed by atoms with Gasteiger partial charge in [-0.2, -0.15) is 0 Å². The van der Waals surface area contributed by atoms with Crippen LogP contribution in [-0.4, -0.2) is 24.4 Å². The summed E-state index contributed by atoms with van der Waals surface area (Å²) in [6.07, 6.45) is 3.12. The van der Waals surface area contributed by atoms with Crippen LogP contribution in [0.2, 0.25) is 0 Å². The number of amides is 1. The largest absolute Gasteiger partial charge is 0.341 e. The zero-order valence-corrected chi connectivity index (χ0v) is 11.4. The monoisotopic (exact) mass is 256 g/mol. The van der Waals surface area contributed by atoms with Gasteiger partial charge in [-0.1, -0.05) is 24.0 Å². The molecule has 19 heavy (non-hydrogen) atoms. The molecule has 1 amide bonds. The molecule has 3 nitrogen and oxygen atoms in total. The molecule has 0 radical (unpaired) electrons. The molecule has 0 unspecified atom stereocenters. The van der Waals surface area contributed by atoms with Crippen molar-refractivity contribution in [2.75, 3.05) is 13.6 Å². The lowest BCUT2D eigenvalue weighted by molar-refractivity contribution is -0.130. The van der Waals surface area contributed by atoms with Crippen LogP contribution in [0.15, 0.2) is 24.3 Å². The number of benzene rings is 1. The summed E-state index contributed by atoms with van der Waals surface area (Å²) in [5.41, 5.74) is 7.42. The summed E-state index contributed by atoms with van der Waals surface area (Å²) in [6.45, 7) is 1.01. The first kappa shape index (κ1) is 13.6. The summed E-state index contributed by atoms with van der Waals surface area (Å²) in [7, 11) is 1.86. The highest BCUT2D eigenvalue weighted by atomic mass is 16.2. The van der Waals surface area contributed by atoms with E-state index in [2.05, 4.69) is 11.8 Å². The van der Waals surface area contributed by atoms with Gasteiger partial charge in [-0.25, -0.2) is 0 Å². The Labute approximate surface area is 114 Å². The summed E-state index contributed by atoms with van der Waals surface area (Å²) in [5, 5.41) is 0. The maximum absolute atomic E-state index is 11.9. The maximum atomic E-state index is 11.9. The number of hydrogen-bond donors (Lipinski definition) is 1. The Kier molecular flexibility index (Phi) is 4.59. The minimum absolute atomic E-state index is 0.237. The quantitative estimate of drug-likeness (QED) is 0.834. The molecular weight excluding hydrogens is 236 g/mol. The van der Waals surface area contributed by atoms with Crippen molar-refractivity contribution in [1.82, 2.24) is 4.90 Å². The lowest BCUT2D eigenvalue weighted by Gasteiger charge is -2.17. The normalized spacial score (nSPS) is 13.6. The maximum Gasteiger partial charge on any atom is 0.222 e. The minimum atomic E-state index is 0.237. The molecule has 3 heteroatoms. The third-order valence-electron chi connectivity index (χ3n) is 3.27. The Bertz CT molecular complexity index is 509. The minimum Gasteiger partial charge on any atom is -0.341 e. The summed E-state index contributed by atoms with van der Waals surface area (Å²) in [4.78, 5) is 13.7. The Hall–Kier alpha value is -1.79. The van der Waals surface area contributed by atoms with Crippen LogP contribution in [-0.2, 0) is 11.3 Å². The molecule has 1 aromatic carbocycles. The fourth-order valence-corrected chi connectivity index (χ4v) is 1.99. The average molecular weight is 256 g/mol. The van der Waals surface area contributed by atoms with E-state index in [1.54, 1.807) is 4.90 Å². The standard InChI is InChI=1S/C16H20N2O/c1-18(16(19)11-14-7-8-14)12-15-5-2-4-13(10-15)6-3-9-17/h2,4-5,10,14H,7-9,11-12,17H2,1H3. The Balaban J connectivity index is 1.95. The van der Waals surface area contributed by atoms with Crippen LogP contribution < -0.4 is 5.73 Å². The number of carbonyl (C=O) groups excluding carboxylic acids is 1. The number of nitrogens with zero attached hydrogens (tertiary/aromatic N) is 1. The Morgan fingerprint density at radius 3 is 2.95 bits per heavy atom. The summed E-state index contributed by atoms with van der Waals surface area (Å²) in [6, 6.07) is 7.96. The molecule has 0 aliphatic heterocycles. The highest BCUT2D eigenvalue weighted by molar-refractivity contribution is 5.76. The smallest absolute Gasteiger partial charge is 0.222 e. The number of hydrogen-bond acceptors (Lipinski definition) is 2. The summed E-state index contributed by atoms with van der Waals surface area (Å²) in [5.74, 6) is 6.72. The van der Waals surface area contributed by atoms with Crippen molar-refractivity contribution in [2.45, 2.75) is 25.8 Å². The second-order valence-corrected chi connectivity index (χ2v) is 5.10. The predicted octanol–water partition coefficient (Wildman–Crippen LogP) is 1.76. The van der Waals surface area contributed by atoms with Gasteiger partial charge in [0.25, 0.3) is 0 Å². The van der Waals surface area contributed by atoms with Crippen LogP contribution in [0.3, 0.4) is 0 Å². The van der Waals surface area contributed by atoms with Gasteiger partial charge >= 0.3 is 0 Å². The van der Waals surface area contributed by atoms with Gasteiger partial charge < -0.3 is 10.6 Å². The van der Waals surface area contributed by atoms with E-state index in [4.69, 9.17) is 5.73 Å². The molecule has 2 N–H and O–H groups in total. The van der Waals surface area contributed by atoms with E-state index in [0.717, 1.165) is 11.1 Å². The van der Waals surface area contributed by atoms with Crippen LogP contribution in [0.5, 0.6) is 0 Å². The predicted molar refractivity (Wildman–Crippen MR) is 76.2 cm³/mol. The summed E-state index contributed by atoms with van der Waals surface area (Å²) < 4.78 is 0. The molecule has 0 spiro atoms. The van der Waals surface area contributed by atoms with Gasteiger partial charge in [-0.3, -0.25) is 4.79 Å². The molecule has 0 saturated heterocycles. The van der Waals surface area contributed by atoms with Crippen LogP contribution in [0.25, 0.3) is 0 Å². The zero-order valence-electron chi connectivity index (χ0n) is 11.4. The third-order valence-corrected chi connectivity index (χ3v) is 3.27. The molecule has 1 fully saturated rings. The van der Waals surface area contributed by atoms with Crippen molar-refractivity contribution in [2.24, 2.45) is 11.7 Å². The highest BCUT2D eigenvalue weighted by Gasteiger charge is 2.25. The van der Waals surface area contributed by atoms with Crippen molar-refractivity contribution in [1.29, 1.82) is 0 Å². The van der Waals surface area contributed by atoms with Crippen LogP contribution in [0, 0.1) is 17.8 Å². The first-order valence-corrected chi connectivity index (χ1v) is 6.71. The molecule has 0 bridgehead atoms. The molecule has 1 saturated carbocycles. The van der Waals surface area contributed by atoms with Gasteiger partial charge in [0.2, 0.25) is 5.91 Å². The molecule has 100 valence electrons. The first-order chi connectivity index (χ1) is 9.19. The summed E-state index contributed by atoms with van der Waals surface area (Å²) >= 11 is 0. The molecule has 0 atom stereocenters. The van der Waals surface area contributed by atoms with E-state index >= 15 is 0 Å². The zero-order chi connectivity index (χ0) is 13.7. The van der Waals surface area contributed by atoms with E-state index in [0.29, 0.717) is 25.4 Å². The molecule has 1 aliphatic carbocycles. The molecule has 1 aliphatic rings. The topological polar surface area (TPSA) is 46.3 Å². The first-order valence-electron chi connectivity index (χ1n) is 6.71. The Morgan fingerprint density at radius 2 is 2.26 bits per heavy atom. The number of rotatable bonds is 4. The molecule has 0 aromatic heterocycles. The molecule has 2 rings (SSSR count). The van der Waals surface area contributed by atoms with Gasteiger partial charge in [0.1, 0.15) is 0 Å². The average Bonchev–Trinajstić information content (AvgIpc) is 3.20.